The minimum Gasteiger partial charge on any atom is -0.493 e. The van der Waals surface area contributed by atoms with Gasteiger partial charge < -0.3 is 108 Å². The first-order valence-corrected chi connectivity index (χ1v) is 36.2. The minimum absolute atomic E-state index is 0.00531. The van der Waals surface area contributed by atoms with Crippen LogP contribution >= 0.6 is 34.8 Å². The number of amides is 3. The Morgan fingerprint density at radius 2 is 0.882 bits per heavy atom. The molecule has 9 aromatic rings. The van der Waals surface area contributed by atoms with Gasteiger partial charge in [0.1, 0.15) is 70.3 Å². The molecule has 11 heterocycles. The summed E-state index contributed by atoms with van der Waals surface area (Å²) >= 11 is 17.6. The molecule has 7 N–H and O–H groups in total. The van der Waals surface area contributed by atoms with Crippen molar-refractivity contribution in [3.8, 4) is 68.8 Å². The molecule has 0 bridgehead atoms. The number of nitrogens with two attached hydrogens (primary N) is 1. The lowest BCUT2D eigenvalue weighted by molar-refractivity contribution is 0.0718. The quantitative estimate of drug-likeness (QED) is 0.0271. The molecule has 6 aromatic heterocycles. The van der Waals surface area contributed by atoms with E-state index in [9.17, 15) is 19.5 Å². The lowest BCUT2D eigenvalue weighted by Crippen LogP contribution is -2.34. The number of aliphatic hydroxyl groups excluding tert-OH is 2. The Morgan fingerprint density at radius 3 is 1.25 bits per heavy atom. The molecule has 0 unspecified atom stereocenters. The molecule has 0 radical (unpaired) electrons. The van der Waals surface area contributed by atoms with E-state index in [-0.39, 0.29) is 64.2 Å². The third-order valence-electron chi connectivity index (χ3n) is 18.5. The standard InChI is InChI=1S/C26H33N7O5.C21H23ClN6O4.C12H15N3O3.C9H9Cl2N3O.C5H11NO/c1-15(2)33-11-18-22(25(33)35)29-26(32-8-6-7-16(32)13-34)30-24(18)28-21-12-31(14-27-21)17-9-19(36-3)23(38-5)20(10-17)37-4;1-11(2)28-8-13-17(20(28)29)25-21(22)26-19(13)24-16-9-27(10-23-16)12-6-14(30-3)18(32-5)15(7-12)31-4;1-16-9-4-8(15-6-11(13)14-7-15)5-10(17-2)12(9)18-3;1-4(2)14-3-5-6(8(14)15)12-9(11)13-7(5)10;7-4-5-2-1-3-6-5/h9-10,12,14-16,34H,6-8,11,13H2,1-5H3,(H,28,29,30);6-7,9-11H,8H2,1-5H3,(H,24,25,26);4-7H,13H2,1-3H3;4H,3H2,1-2H3;5-7H,1-4H2/t16-;;;;5-/m0...0/s1. The van der Waals surface area contributed by atoms with Crippen LogP contribution < -0.4 is 69.2 Å². The third-order valence-corrected chi connectivity index (χ3v) is 19.1. The number of anilines is 6. The minimum atomic E-state index is -0.162. The van der Waals surface area contributed by atoms with Crippen LogP contribution in [0.25, 0.3) is 17.1 Å². The summed E-state index contributed by atoms with van der Waals surface area (Å²) in [4.78, 5) is 83.4. The first kappa shape index (κ1) is 81.6. The molecule has 0 aliphatic carbocycles. The lowest BCUT2D eigenvalue weighted by atomic mass is 10.2. The Kier molecular flexibility index (Phi) is 27.1. The van der Waals surface area contributed by atoms with Gasteiger partial charge in [0.05, 0.1) is 139 Å². The first-order chi connectivity index (χ1) is 52.9. The van der Waals surface area contributed by atoms with Crippen molar-refractivity contribution < 1.29 is 67.2 Å². The molecule has 0 saturated carbocycles. The second-order valence-corrected chi connectivity index (χ2v) is 27.2. The molecule has 3 amide bonds. The van der Waals surface area contributed by atoms with Crippen molar-refractivity contribution in [1.82, 2.24) is 78.6 Å². The van der Waals surface area contributed by atoms with Gasteiger partial charge in [-0.2, -0.15) is 4.98 Å². The number of halogens is 3. The summed E-state index contributed by atoms with van der Waals surface area (Å²) in [6, 6.07) is 11.4. The number of rotatable bonds is 22. The number of benzene rings is 3. The van der Waals surface area contributed by atoms with E-state index in [0.717, 1.165) is 55.0 Å². The van der Waals surface area contributed by atoms with E-state index in [0.29, 0.717) is 147 Å². The Hall–Kier alpha value is -10.9. The van der Waals surface area contributed by atoms with Crippen molar-refractivity contribution in [2.45, 2.75) is 117 Å². The smallest absolute Gasteiger partial charge is 0.273 e. The summed E-state index contributed by atoms with van der Waals surface area (Å²) in [5.74, 6) is 7.34. The van der Waals surface area contributed by atoms with Crippen LogP contribution in [0.2, 0.25) is 15.7 Å². The number of aromatic nitrogens is 12. The summed E-state index contributed by atoms with van der Waals surface area (Å²) in [6.07, 6.45) is 14.4. The van der Waals surface area contributed by atoms with E-state index >= 15 is 0 Å². The number of hydrogen-bond acceptors (Lipinski definition) is 28. The van der Waals surface area contributed by atoms with Gasteiger partial charge in [-0.3, -0.25) is 14.4 Å². The highest BCUT2D eigenvalue weighted by molar-refractivity contribution is 6.33. The highest BCUT2D eigenvalue weighted by Gasteiger charge is 2.38. The number of ether oxygens (including phenoxy) is 9. The Morgan fingerprint density at radius 1 is 0.491 bits per heavy atom. The fourth-order valence-electron chi connectivity index (χ4n) is 12.7. The number of aliphatic hydroxyl groups is 2. The molecule has 2 atom stereocenters. The van der Waals surface area contributed by atoms with Crippen LogP contribution in [0.1, 0.15) is 115 Å². The van der Waals surface area contributed by atoms with Gasteiger partial charge >= 0.3 is 0 Å². The average Bonchev–Trinajstić information content (AvgIpc) is 1.62. The highest BCUT2D eigenvalue weighted by Crippen LogP contribution is 2.43. The highest BCUT2D eigenvalue weighted by atomic mass is 35.5. The molecular formula is C73H91Cl3N20O14. The molecular weight excluding hydrogens is 1490 g/mol. The predicted molar refractivity (Wildman–Crippen MR) is 412 cm³/mol. The number of carbonyl (C=O) groups is 3. The molecule has 3 aromatic carbocycles. The molecule has 5 aliphatic rings. The van der Waals surface area contributed by atoms with Crippen LogP contribution in [-0.2, 0) is 19.6 Å². The monoisotopic (exact) mass is 1580 g/mol. The molecule has 37 heteroatoms. The molecule has 34 nitrogen and oxygen atoms in total. The zero-order valence-corrected chi connectivity index (χ0v) is 66.0. The zero-order valence-electron chi connectivity index (χ0n) is 63.8. The van der Waals surface area contributed by atoms with Gasteiger partial charge in [-0.1, -0.05) is 11.6 Å². The molecule has 0 spiro atoms. The number of nitrogen functional groups attached to an aromatic ring is 1. The molecule has 110 heavy (non-hydrogen) atoms. The van der Waals surface area contributed by atoms with Crippen LogP contribution in [0.3, 0.4) is 0 Å². The summed E-state index contributed by atoms with van der Waals surface area (Å²) in [6.45, 7) is 15.1. The largest absolute Gasteiger partial charge is 0.493 e. The van der Waals surface area contributed by atoms with Crippen LogP contribution in [-0.4, -0.2) is 222 Å². The third kappa shape index (κ3) is 18.0. The zero-order chi connectivity index (χ0) is 79.4. The van der Waals surface area contributed by atoms with Gasteiger partial charge in [-0.25, -0.2) is 39.9 Å². The number of nitrogens with one attached hydrogen (secondary N) is 3. The summed E-state index contributed by atoms with van der Waals surface area (Å²) in [5, 5.41) is 28.3. The topological polar surface area (TPSA) is 381 Å². The number of imidazole rings is 3. The van der Waals surface area contributed by atoms with Gasteiger partial charge in [-0.05, 0) is 97.0 Å². The first-order valence-electron chi connectivity index (χ1n) is 35.0. The van der Waals surface area contributed by atoms with Crippen molar-refractivity contribution in [2.24, 2.45) is 0 Å². The summed E-state index contributed by atoms with van der Waals surface area (Å²) in [7, 11) is 14.1. The fourth-order valence-corrected chi connectivity index (χ4v) is 13.3. The number of methoxy groups -OCH3 is 9. The molecule has 2 fully saturated rings. The van der Waals surface area contributed by atoms with E-state index in [1.54, 1.807) is 119 Å². The van der Waals surface area contributed by atoms with E-state index in [2.05, 4.69) is 55.8 Å². The van der Waals surface area contributed by atoms with Crippen LogP contribution in [0.4, 0.5) is 35.0 Å². The van der Waals surface area contributed by atoms with Crippen molar-refractivity contribution >= 4 is 87.6 Å². The number of fused-ring (bicyclic) bond motifs is 3. The van der Waals surface area contributed by atoms with E-state index in [4.69, 9.17) is 93.3 Å². The maximum atomic E-state index is 13.2. The van der Waals surface area contributed by atoms with E-state index in [1.807, 2.05) is 93.6 Å². The van der Waals surface area contributed by atoms with Crippen molar-refractivity contribution in [3.63, 3.8) is 0 Å². The van der Waals surface area contributed by atoms with Crippen LogP contribution in [0, 0.1) is 0 Å². The molecule has 5 aliphatic heterocycles. The number of carbonyl (C=O) groups excluding carboxylic acids is 3. The Balaban J connectivity index is 0.000000160. The van der Waals surface area contributed by atoms with Crippen LogP contribution in [0.5, 0.6) is 51.7 Å². The maximum absolute atomic E-state index is 13.2. The van der Waals surface area contributed by atoms with Crippen LogP contribution in [0.15, 0.2) is 74.0 Å². The second kappa shape index (κ2) is 36.5. The number of hydrogen-bond donors (Lipinski definition) is 6. The average molecular weight is 1580 g/mol. The molecule has 2 saturated heterocycles. The second-order valence-electron chi connectivity index (χ2n) is 26.1. The van der Waals surface area contributed by atoms with Crippen molar-refractivity contribution in [3.05, 3.63) is 123 Å². The predicted octanol–water partition coefficient (Wildman–Crippen LogP) is 9.56. The Labute approximate surface area is 651 Å². The van der Waals surface area contributed by atoms with E-state index in [1.165, 1.54) is 6.42 Å². The maximum Gasteiger partial charge on any atom is 0.273 e. The van der Waals surface area contributed by atoms with Crippen molar-refractivity contribution in [2.75, 3.05) is 112 Å². The van der Waals surface area contributed by atoms with Gasteiger partial charge in [0, 0.05) is 83.8 Å². The van der Waals surface area contributed by atoms with Gasteiger partial charge in [0.15, 0.2) is 34.5 Å². The fraction of sp³-hybridized carbons (Fsp3) is 0.425. The molecule has 588 valence electrons. The molecule has 14 rings (SSSR count). The van der Waals surface area contributed by atoms with Gasteiger partial charge in [-0.15, -0.1) is 0 Å². The van der Waals surface area contributed by atoms with Gasteiger partial charge in [0.25, 0.3) is 17.7 Å². The summed E-state index contributed by atoms with van der Waals surface area (Å²) in [5.41, 5.74) is 11.1. The SMILES string of the molecule is CC(C)N1Cc2c(Cl)nc(Cl)nc2C1=O.COc1cc(-n2cnc(N)c2)cc(OC)c1OC.COc1cc(-n2cnc(Nc3nc(Cl)nc4c3CN(C(C)C)C4=O)c2)cc(OC)c1OC.COc1cc(-n2cnc(Nc3nc(N4CCC[C@H]4CO)nc4c3CN(C(C)C)C4=O)c2)cc(OC)c1OC.OC[C@@H]1CCCN1. The lowest BCUT2D eigenvalue weighted by Gasteiger charge is -2.24. The number of nitrogens with zero attached hydrogens (tertiary/aromatic N) is 16. The van der Waals surface area contributed by atoms with Gasteiger partial charge in [0.2, 0.25) is 33.8 Å². The summed E-state index contributed by atoms with van der Waals surface area (Å²) < 4.78 is 53.8. The van der Waals surface area contributed by atoms with Crippen molar-refractivity contribution in [1.29, 1.82) is 0 Å². The van der Waals surface area contributed by atoms with E-state index < -0.39 is 0 Å². The normalized spacial score (nSPS) is 15.2. The Bertz CT molecular complexity index is 4670.